The van der Waals surface area contributed by atoms with Gasteiger partial charge in [0.1, 0.15) is 0 Å². The van der Waals surface area contributed by atoms with Crippen molar-refractivity contribution in [3.63, 3.8) is 0 Å². The van der Waals surface area contributed by atoms with E-state index in [1.54, 1.807) is 0 Å². The molecule has 0 saturated carbocycles. The van der Waals surface area contributed by atoms with Gasteiger partial charge in [0.05, 0.1) is 12.7 Å². The fourth-order valence-corrected chi connectivity index (χ4v) is 2.31. The summed E-state index contributed by atoms with van der Waals surface area (Å²) in [7, 11) is 0. The number of aliphatic hydroxyl groups excluding tert-OH is 2. The van der Waals surface area contributed by atoms with Crippen LogP contribution in [0.5, 0.6) is 0 Å². The summed E-state index contributed by atoms with van der Waals surface area (Å²) in [6.45, 7) is 9.36. The smallest absolute Gasteiger partial charge is 0.0685 e. The molecule has 0 radical (unpaired) electrons. The van der Waals surface area contributed by atoms with Crippen molar-refractivity contribution in [2.75, 3.05) is 13.2 Å². The molecule has 0 amide bonds. The van der Waals surface area contributed by atoms with Crippen LogP contribution in [-0.4, -0.2) is 45.9 Å². The van der Waals surface area contributed by atoms with Gasteiger partial charge in [0.25, 0.3) is 0 Å². The Balaban J connectivity index is 2.76. The van der Waals surface area contributed by atoms with E-state index in [1.807, 2.05) is 6.92 Å². The molecule has 3 nitrogen and oxygen atoms in total. The largest absolute Gasteiger partial charge is 0.394 e. The maximum Gasteiger partial charge on any atom is 0.0685 e. The van der Waals surface area contributed by atoms with Gasteiger partial charge in [-0.05, 0) is 26.2 Å². The summed E-state index contributed by atoms with van der Waals surface area (Å²) in [5, 5.41) is 19.0. The van der Waals surface area contributed by atoms with Crippen LogP contribution in [0.2, 0.25) is 0 Å². The zero-order chi connectivity index (χ0) is 10.9. The Kier molecular flexibility index (Phi) is 3.56. The van der Waals surface area contributed by atoms with Gasteiger partial charge in [0.2, 0.25) is 0 Å². The van der Waals surface area contributed by atoms with Crippen LogP contribution in [-0.2, 0) is 0 Å². The van der Waals surface area contributed by atoms with Crippen LogP contribution < -0.4 is 0 Å². The van der Waals surface area contributed by atoms with E-state index in [9.17, 15) is 10.2 Å². The molecule has 2 N–H and O–H groups in total. The van der Waals surface area contributed by atoms with Crippen molar-refractivity contribution >= 4 is 0 Å². The van der Waals surface area contributed by atoms with Crippen molar-refractivity contribution in [1.82, 2.24) is 4.90 Å². The van der Waals surface area contributed by atoms with Gasteiger partial charge in [0, 0.05) is 18.1 Å². The van der Waals surface area contributed by atoms with Gasteiger partial charge < -0.3 is 10.2 Å². The van der Waals surface area contributed by atoms with Crippen molar-refractivity contribution in [1.29, 1.82) is 0 Å². The minimum absolute atomic E-state index is 0.126. The Hall–Kier alpha value is -0.120. The molecule has 84 valence electrons. The molecule has 14 heavy (non-hydrogen) atoms. The normalized spacial score (nSPS) is 36.6. The molecule has 1 heterocycles. The lowest BCUT2D eigenvalue weighted by molar-refractivity contribution is 0.0351. The summed E-state index contributed by atoms with van der Waals surface area (Å²) in [6.07, 6.45) is 0.397. The van der Waals surface area contributed by atoms with Crippen molar-refractivity contribution < 1.29 is 10.2 Å². The highest BCUT2D eigenvalue weighted by molar-refractivity contribution is 4.98. The van der Waals surface area contributed by atoms with Gasteiger partial charge in [-0.3, -0.25) is 4.90 Å². The van der Waals surface area contributed by atoms with Gasteiger partial charge in [-0.25, -0.2) is 0 Å². The summed E-state index contributed by atoms with van der Waals surface area (Å²) in [5.74, 6) is 0.547. The zero-order valence-corrected chi connectivity index (χ0v) is 9.70. The molecule has 1 fully saturated rings. The van der Waals surface area contributed by atoms with E-state index < -0.39 is 0 Å². The molecule has 1 rings (SSSR count). The molecule has 0 aromatic rings. The third kappa shape index (κ3) is 2.10. The third-order valence-electron chi connectivity index (χ3n) is 3.57. The first-order valence-electron chi connectivity index (χ1n) is 5.46. The van der Waals surface area contributed by atoms with E-state index in [4.69, 9.17) is 0 Å². The standard InChI is InChI=1S/C11H23NO2/c1-8(2)9(3)12-6-10(14)5-11(12,4)7-13/h8-10,13-14H,5-7H2,1-4H3. The molecule has 3 unspecified atom stereocenters. The molecular formula is C11H23NO2. The highest BCUT2D eigenvalue weighted by atomic mass is 16.3. The molecule has 0 bridgehead atoms. The summed E-state index contributed by atoms with van der Waals surface area (Å²) < 4.78 is 0. The Morgan fingerprint density at radius 2 is 2.00 bits per heavy atom. The van der Waals surface area contributed by atoms with Gasteiger partial charge in [-0.15, -0.1) is 0 Å². The number of β-amino-alcohol motifs (C(OH)–C–C–N with tert-alkyl or cyclic N) is 1. The molecule has 3 atom stereocenters. The van der Waals surface area contributed by atoms with E-state index in [0.717, 1.165) is 0 Å². The SMILES string of the molecule is CC(C)C(C)N1CC(O)CC1(C)CO. The van der Waals surface area contributed by atoms with Crippen molar-refractivity contribution in [3.8, 4) is 0 Å². The van der Waals surface area contributed by atoms with Gasteiger partial charge in [-0.1, -0.05) is 13.8 Å². The van der Waals surface area contributed by atoms with Crippen LogP contribution in [0.4, 0.5) is 0 Å². The van der Waals surface area contributed by atoms with E-state index in [2.05, 4.69) is 25.7 Å². The van der Waals surface area contributed by atoms with Gasteiger partial charge >= 0.3 is 0 Å². The first-order valence-corrected chi connectivity index (χ1v) is 5.46. The molecule has 1 aliphatic heterocycles. The van der Waals surface area contributed by atoms with Crippen molar-refractivity contribution in [2.45, 2.75) is 51.8 Å². The monoisotopic (exact) mass is 201 g/mol. The predicted octanol–water partition coefficient (Wildman–Crippen LogP) is 0.848. The van der Waals surface area contributed by atoms with E-state index >= 15 is 0 Å². The molecule has 0 aromatic carbocycles. The molecule has 3 heteroatoms. The third-order valence-corrected chi connectivity index (χ3v) is 3.57. The van der Waals surface area contributed by atoms with E-state index in [-0.39, 0.29) is 18.2 Å². The average Bonchev–Trinajstić information content (AvgIpc) is 2.41. The minimum Gasteiger partial charge on any atom is -0.394 e. The number of aliphatic hydroxyl groups is 2. The van der Waals surface area contributed by atoms with Crippen LogP contribution >= 0.6 is 0 Å². The van der Waals surface area contributed by atoms with Crippen LogP contribution in [0.25, 0.3) is 0 Å². The Bertz CT molecular complexity index is 196. The predicted molar refractivity (Wildman–Crippen MR) is 57.1 cm³/mol. The minimum atomic E-state index is -0.284. The number of rotatable bonds is 3. The second-order valence-electron chi connectivity index (χ2n) is 5.15. The fourth-order valence-electron chi connectivity index (χ4n) is 2.31. The lowest BCUT2D eigenvalue weighted by Gasteiger charge is -2.39. The van der Waals surface area contributed by atoms with Crippen LogP contribution in [0.15, 0.2) is 0 Å². The first kappa shape index (κ1) is 12.0. The topological polar surface area (TPSA) is 43.7 Å². The van der Waals surface area contributed by atoms with Crippen LogP contribution in [0, 0.1) is 5.92 Å². The number of nitrogens with zero attached hydrogens (tertiary/aromatic N) is 1. The van der Waals surface area contributed by atoms with Gasteiger partial charge in [-0.2, -0.15) is 0 Å². The molecule has 0 spiro atoms. The molecule has 1 aliphatic rings. The summed E-state index contributed by atoms with van der Waals surface area (Å²) in [5.41, 5.74) is -0.233. The zero-order valence-electron chi connectivity index (χ0n) is 9.70. The highest BCUT2D eigenvalue weighted by Gasteiger charge is 2.43. The van der Waals surface area contributed by atoms with Gasteiger partial charge in [0.15, 0.2) is 0 Å². The number of likely N-dealkylation sites (tertiary alicyclic amines) is 1. The number of hydrogen-bond acceptors (Lipinski definition) is 3. The average molecular weight is 201 g/mol. The Morgan fingerprint density at radius 1 is 1.43 bits per heavy atom. The van der Waals surface area contributed by atoms with Crippen LogP contribution in [0.1, 0.15) is 34.1 Å². The number of hydrogen-bond donors (Lipinski definition) is 2. The van der Waals surface area contributed by atoms with E-state index in [1.165, 1.54) is 0 Å². The summed E-state index contributed by atoms with van der Waals surface area (Å²) in [6, 6.07) is 0.407. The lowest BCUT2D eigenvalue weighted by Crippen LogP contribution is -2.50. The molecule has 0 aliphatic carbocycles. The molecule has 1 saturated heterocycles. The summed E-state index contributed by atoms with van der Waals surface area (Å²) >= 11 is 0. The Morgan fingerprint density at radius 3 is 2.43 bits per heavy atom. The second-order valence-corrected chi connectivity index (χ2v) is 5.15. The van der Waals surface area contributed by atoms with E-state index in [0.29, 0.717) is 24.9 Å². The maximum atomic E-state index is 9.64. The second kappa shape index (κ2) is 4.17. The van der Waals surface area contributed by atoms with Crippen LogP contribution in [0.3, 0.4) is 0 Å². The van der Waals surface area contributed by atoms with Crippen molar-refractivity contribution in [3.05, 3.63) is 0 Å². The highest BCUT2D eigenvalue weighted by Crippen LogP contribution is 2.32. The lowest BCUT2D eigenvalue weighted by atomic mass is 9.95. The molecule has 0 aromatic heterocycles. The maximum absolute atomic E-state index is 9.64. The first-order chi connectivity index (χ1) is 6.40. The molecular weight excluding hydrogens is 178 g/mol. The van der Waals surface area contributed by atoms with Crippen molar-refractivity contribution in [2.24, 2.45) is 5.92 Å². The summed E-state index contributed by atoms with van der Waals surface area (Å²) in [4.78, 5) is 2.24. The quantitative estimate of drug-likeness (QED) is 0.711. The Labute approximate surface area is 86.7 Å². The fraction of sp³-hybridized carbons (Fsp3) is 1.00.